The lowest BCUT2D eigenvalue weighted by Gasteiger charge is -2.32. The number of hydrogen-bond acceptors (Lipinski definition) is 4. The van der Waals surface area contributed by atoms with Gasteiger partial charge in [0.05, 0.1) is 13.2 Å². The zero-order valence-corrected chi connectivity index (χ0v) is 11.6. The van der Waals surface area contributed by atoms with Crippen molar-refractivity contribution in [3.63, 3.8) is 0 Å². The molecule has 1 saturated heterocycles. The second kappa shape index (κ2) is 8.67. The zero-order chi connectivity index (χ0) is 14.1. The summed E-state index contributed by atoms with van der Waals surface area (Å²) >= 11 is 0. The molecule has 0 aromatic heterocycles. The highest BCUT2D eigenvalue weighted by atomic mass is 16.5. The number of methoxy groups -OCH3 is 1. The van der Waals surface area contributed by atoms with Crippen LogP contribution in [0.4, 0.5) is 0 Å². The largest absolute Gasteiger partial charge is 0.469 e. The van der Waals surface area contributed by atoms with Crippen LogP contribution in [0.2, 0.25) is 0 Å². The van der Waals surface area contributed by atoms with Gasteiger partial charge in [0.15, 0.2) is 0 Å². The van der Waals surface area contributed by atoms with Crippen molar-refractivity contribution in [2.45, 2.75) is 57.4 Å². The van der Waals surface area contributed by atoms with E-state index >= 15 is 0 Å². The molecule has 0 aliphatic carbocycles. The predicted molar refractivity (Wildman–Crippen MR) is 70.5 cm³/mol. The smallest absolute Gasteiger partial charge is 0.305 e. The SMILES string of the molecule is COC(=O)CCCCCCN1C(=O)CCCC1C=O. The molecule has 0 aromatic carbocycles. The van der Waals surface area contributed by atoms with Crippen molar-refractivity contribution >= 4 is 18.2 Å². The van der Waals surface area contributed by atoms with Gasteiger partial charge in [-0.3, -0.25) is 9.59 Å². The normalized spacial score (nSPS) is 19.3. The maximum absolute atomic E-state index is 11.7. The van der Waals surface area contributed by atoms with Gasteiger partial charge < -0.3 is 14.4 Å². The number of nitrogens with zero attached hydrogens (tertiary/aromatic N) is 1. The third-order valence-corrected chi connectivity index (χ3v) is 3.53. The van der Waals surface area contributed by atoms with Gasteiger partial charge in [0.2, 0.25) is 5.91 Å². The lowest BCUT2D eigenvalue weighted by atomic mass is 10.0. The summed E-state index contributed by atoms with van der Waals surface area (Å²) in [5.74, 6) is -0.0786. The second-order valence-electron chi connectivity index (χ2n) is 4.92. The van der Waals surface area contributed by atoms with Gasteiger partial charge in [0.1, 0.15) is 6.29 Å². The van der Waals surface area contributed by atoms with E-state index in [4.69, 9.17) is 0 Å². The van der Waals surface area contributed by atoms with Crippen LogP contribution in [-0.4, -0.2) is 42.8 Å². The first-order chi connectivity index (χ1) is 9.19. The van der Waals surface area contributed by atoms with Crippen LogP contribution in [0.1, 0.15) is 51.4 Å². The first-order valence-corrected chi connectivity index (χ1v) is 7.00. The summed E-state index contributed by atoms with van der Waals surface area (Å²) in [6, 6.07) is -0.226. The second-order valence-corrected chi connectivity index (χ2v) is 4.92. The minimum absolute atomic E-state index is 0.0953. The summed E-state index contributed by atoms with van der Waals surface area (Å²) in [6.07, 6.45) is 7.12. The topological polar surface area (TPSA) is 63.7 Å². The van der Waals surface area contributed by atoms with Gasteiger partial charge in [-0.15, -0.1) is 0 Å². The van der Waals surface area contributed by atoms with Crippen LogP contribution in [0.3, 0.4) is 0 Å². The van der Waals surface area contributed by atoms with Gasteiger partial charge >= 0.3 is 5.97 Å². The number of likely N-dealkylation sites (tertiary alicyclic amines) is 1. The van der Waals surface area contributed by atoms with Gasteiger partial charge in [-0.1, -0.05) is 12.8 Å². The van der Waals surface area contributed by atoms with Crippen LogP contribution in [0.15, 0.2) is 0 Å². The number of aldehydes is 1. The van der Waals surface area contributed by atoms with E-state index in [1.54, 1.807) is 4.90 Å². The van der Waals surface area contributed by atoms with E-state index < -0.39 is 0 Å². The minimum Gasteiger partial charge on any atom is -0.469 e. The number of esters is 1. The fourth-order valence-electron chi connectivity index (χ4n) is 2.39. The number of unbranched alkanes of at least 4 members (excludes halogenated alkanes) is 3. The average molecular weight is 269 g/mol. The third-order valence-electron chi connectivity index (χ3n) is 3.53. The Morgan fingerprint density at radius 2 is 2.11 bits per heavy atom. The highest BCUT2D eigenvalue weighted by molar-refractivity contribution is 5.81. The van der Waals surface area contributed by atoms with Crippen molar-refractivity contribution in [1.82, 2.24) is 4.90 Å². The van der Waals surface area contributed by atoms with Crippen molar-refractivity contribution < 1.29 is 19.1 Å². The van der Waals surface area contributed by atoms with E-state index in [0.717, 1.165) is 44.8 Å². The molecule has 1 amide bonds. The lowest BCUT2D eigenvalue weighted by Crippen LogP contribution is -2.44. The number of rotatable bonds is 8. The molecule has 0 bridgehead atoms. The van der Waals surface area contributed by atoms with Crippen molar-refractivity contribution in [3.05, 3.63) is 0 Å². The fourth-order valence-corrected chi connectivity index (χ4v) is 2.39. The molecule has 0 saturated carbocycles. The predicted octanol–water partition coefficient (Wildman–Crippen LogP) is 1.69. The molecule has 1 aliphatic heterocycles. The van der Waals surface area contributed by atoms with Crippen LogP contribution in [0.5, 0.6) is 0 Å². The molecule has 108 valence electrons. The molecule has 1 heterocycles. The highest BCUT2D eigenvalue weighted by Crippen LogP contribution is 2.17. The number of carbonyl (C=O) groups excluding carboxylic acids is 3. The molecule has 1 fully saturated rings. The summed E-state index contributed by atoms with van der Waals surface area (Å²) < 4.78 is 4.56. The number of ether oxygens (including phenoxy) is 1. The molecule has 1 unspecified atom stereocenters. The summed E-state index contributed by atoms with van der Waals surface area (Å²) in [6.45, 7) is 0.653. The quantitative estimate of drug-likeness (QED) is 0.382. The molecule has 0 radical (unpaired) electrons. The molecule has 0 spiro atoms. The monoisotopic (exact) mass is 269 g/mol. The Labute approximate surface area is 114 Å². The summed E-state index contributed by atoms with van der Waals surface area (Å²) in [4.78, 5) is 35.2. The van der Waals surface area contributed by atoms with Crippen molar-refractivity contribution in [3.8, 4) is 0 Å². The Kier molecular flexibility index (Phi) is 7.15. The van der Waals surface area contributed by atoms with Gasteiger partial charge in [0, 0.05) is 19.4 Å². The lowest BCUT2D eigenvalue weighted by molar-refractivity contribution is -0.140. The Bertz CT molecular complexity index is 317. The van der Waals surface area contributed by atoms with Gasteiger partial charge in [-0.05, 0) is 25.7 Å². The number of piperidine rings is 1. The third kappa shape index (κ3) is 5.41. The van der Waals surface area contributed by atoms with Crippen LogP contribution in [0, 0.1) is 0 Å². The van der Waals surface area contributed by atoms with Gasteiger partial charge in [0.25, 0.3) is 0 Å². The molecule has 0 N–H and O–H groups in total. The molecule has 1 atom stereocenters. The maximum Gasteiger partial charge on any atom is 0.305 e. The number of amides is 1. The molecule has 0 aromatic rings. The average Bonchev–Trinajstić information content (AvgIpc) is 2.43. The fraction of sp³-hybridized carbons (Fsp3) is 0.786. The molecular weight excluding hydrogens is 246 g/mol. The molecule has 1 rings (SSSR count). The van der Waals surface area contributed by atoms with E-state index in [9.17, 15) is 14.4 Å². The Morgan fingerprint density at radius 1 is 1.37 bits per heavy atom. The zero-order valence-electron chi connectivity index (χ0n) is 11.6. The molecule has 1 aliphatic rings. The number of carbonyl (C=O) groups is 3. The first-order valence-electron chi connectivity index (χ1n) is 7.00. The Balaban J connectivity index is 2.15. The molecule has 5 nitrogen and oxygen atoms in total. The summed E-state index contributed by atoms with van der Waals surface area (Å²) in [5.41, 5.74) is 0. The summed E-state index contributed by atoms with van der Waals surface area (Å²) in [7, 11) is 1.39. The van der Waals surface area contributed by atoms with E-state index in [1.807, 2.05) is 0 Å². The first kappa shape index (κ1) is 15.7. The van der Waals surface area contributed by atoms with Crippen LogP contribution in [0.25, 0.3) is 0 Å². The highest BCUT2D eigenvalue weighted by Gasteiger charge is 2.26. The van der Waals surface area contributed by atoms with E-state index in [2.05, 4.69) is 4.74 Å². The molecular formula is C14H23NO4. The molecule has 5 heteroatoms. The minimum atomic E-state index is -0.226. The maximum atomic E-state index is 11.7. The van der Waals surface area contributed by atoms with E-state index in [-0.39, 0.29) is 17.9 Å². The summed E-state index contributed by atoms with van der Waals surface area (Å²) in [5, 5.41) is 0. The van der Waals surface area contributed by atoms with Gasteiger partial charge in [-0.2, -0.15) is 0 Å². The van der Waals surface area contributed by atoms with Crippen molar-refractivity contribution in [1.29, 1.82) is 0 Å². The Hall–Kier alpha value is -1.39. The van der Waals surface area contributed by atoms with Crippen LogP contribution in [-0.2, 0) is 19.1 Å². The van der Waals surface area contributed by atoms with Gasteiger partial charge in [-0.25, -0.2) is 0 Å². The van der Waals surface area contributed by atoms with E-state index in [0.29, 0.717) is 19.4 Å². The van der Waals surface area contributed by atoms with Crippen LogP contribution < -0.4 is 0 Å². The Morgan fingerprint density at radius 3 is 2.79 bits per heavy atom. The number of hydrogen-bond donors (Lipinski definition) is 0. The van der Waals surface area contributed by atoms with Crippen LogP contribution >= 0.6 is 0 Å². The van der Waals surface area contributed by atoms with E-state index in [1.165, 1.54) is 7.11 Å². The standard InChI is InChI=1S/C14H23NO4/c1-19-14(18)9-4-2-3-5-10-15-12(11-16)7-6-8-13(15)17/h11-12H,2-10H2,1H3. The van der Waals surface area contributed by atoms with Crippen molar-refractivity contribution in [2.75, 3.05) is 13.7 Å². The van der Waals surface area contributed by atoms with Crippen molar-refractivity contribution in [2.24, 2.45) is 0 Å². The molecule has 19 heavy (non-hydrogen) atoms.